The summed E-state index contributed by atoms with van der Waals surface area (Å²) in [7, 11) is -1.60. The predicted molar refractivity (Wildman–Crippen MR) is 119 cm³/mol. The molecule has 0 amide bonds. The summed E-state index contributed by atoms with van der Waals surface area (Å²) in [6.45, 7) is 0. The highest BCUT2D eigenvalue weighted by atomic mass is 79.9. The van der Waals surface area contributed by atoms with Crippen LogP contribution in [0.1, 0.15) is 6.42 Å². The van der Waals surface area contributed by atoms with Gasteiger partial charge in [0.25, 0.3) is 0 Å². The highest BCUT2D eigenvalue weighted by molar-refractivity contribution is 9.09. The molecule has 0 unspecified atom stereocenters. The molecule has 0 aliphatic rings. The van der Waals surface area contributed by atoms with E-state index < -0.39 is 7.26 Å². The van der Waals surface area contributed by atoms with Gasteiger partial charge in [0.15, 0.2) is 0 Å². The second-order valence-electron chi connectivity index (χ2n) is 5.58. The normalized spacial score (nSPS) is 10.9. The number of hydrogen-bond donors (Lipinski definition) is 0. The van der Waals surface area contributed by atoms with Gasteiger partial charge >= 0.3 is 0 Å². The van der Waals surface area contributed by atoms with Crippen molar-refractivity contribution in [1.82, 2.24) is 0 Å². The predicted octanol–water partition coefficient (Wildman–Crippen LogP) is 5.34. The van der Waals surface area contributed by atoms with Crippen molar-refractivity contribution >= 4 is 56.1 Å². The Bertz CT molecular complexity index is 618. The molecule has 0 heterocycles. The molecule has 0 aliphatic carbocycles. The third-order valence-corrected chi connectivity index (χ3v) is 9.30. The van der Waals surface area contributed by atoms with Crippen LogP contribution in [0.2, 0.25) is 0 Å². The number of alkyl halides is 1. The lowest BCUT2D eigenvalue weighted by atomic mass is 10.4. The summed E-state index contributed by atoms with van der Waals surface area (Å²) in [5.74, 6) is 0. The van der Waals surface area contributed by atoms with Crippen LogP contribution in [0, 0.1) is 0 Å². The molecule has 0 radical (unpaired) electrons. The van der Waals surface area contributed by atoms with Gasteiger partial charge in [0.05, 0.1) is 6.16 Å². The second kappa shape index (κ2) is 9.51. The van der Waals surface area contributed by atoms with Crippen LogP contribution in [0.5, 0.6) is 0 Å². The largest absolute Gasteiger partial charge is 0.114 e. The number of hydrogen-bond acceptors (Lipinski definition) is 0. The Balaban J connectivity index is 0.00000208. The van der Waals surface area contributed by atoms with Crippen molar-refractivity contribution in [2.24, 2.45) is 0 Å². The fraction of sp³-hybridized carbons (Fsp3) is 0.143. The average Bonchev–Trinajstić information content (AvgIpc) is 2.65. The summed E-state index contributed by atoms with van der Waals surface area (Å²) in [6.07, 6.45) is 2.36. The number of benzene rings is 3. The van der Waals surface area contributed by atoms with E-state index in [4.69, 9.17) is 0 Å². The minimum absolute atomic E-state index is 0. The van der Waals surface area contributed by atoms with Crippen molar-refractivity contribution < 1.29 is 0 Å². The number of halogens is 2. The van der Waals surface area contributed by atoms with Crippen molar-refractivity contribution in [1.29, 1.82) is 0 Å². The Morgan fingerprint density at radius 1 is 0.583 bits per heavy atom. The first-order valence-electron chi connectivity index (χ1n) is 7.99. The first-order valence-corrected chi connectivity index (χ1v) is 11.1. The summed E-state index contributed by atoms with van der Waals surface area (Å²) in [6, 6.07) is 33.2. The van der Waals surface area contributed by atoms with E-state index in [1.165, 1.54) is 28.5 Å². The highest BCUT2D eigenvalue weighted by Crippen LogP contribution is 2.55. The van der Waals surface area contributed by atoms with Crippen molar-refractivity contribution in [2.75, 3.05) is 11.5 Å². The van der Waals surface area contributed by atoms with E-state index in [1.54, 1.807) is 0 Å². The average molecular weight is 465 g/mol. The summed E-state index contributed by atoms with van der Waals surface area (Å²) in [4.78, 5) is 0. The van der Waals surface area contributed by atoms with Gasteiger partial charge in [-0.05, 0) is 42.8 Å². The zero-order valence-corrected chi connectivity index (χ0v) is 17.7. The van der Waals surface area contributed by atoms with Crippen LogP contribution in [-0.4, -0.2) is 11.5 Å². The topological polar surface area (TPSA) is 0 Å². The van der Waals surface area contributed by atoms with Crippen LogP contribution in [0.25, 0.3) is 0 Å². The molecular weight excluding hydrogens is 443 g/mol. The molecular formula is C21H22Br2P+. The van der Waals surface area contributed by atoms with E-state index in [0.29, 0.717) is 0 Å². The first kappa shape index (κ1) is 19.4. The van der Waals surface area contributed by atoms with Crippen LogP contribution in [0.4, 0.5) is 0 Å². The van der Waals surface area contributed by atoms with Crippen molar-refractivity contribution in [3.63, 3.8) is 0 Å². The molecule has 0 bridgehead atoms. The van der Waals surface area contributed by atoms with E-state index in [-0.39, 0.29) is 17.0 Å². The Hall–Kier alpha value is -0.950. The zero-order chi connectivity index (χ0) is 16.0. The lowest BCUT2D eigenvalue weighted by Crippen LogP contribution is -2.33. The van der Waals surface area contributed by atoms with E-state index in [9.17, 15) is 0 Å². The monoisotopic (exact) mass is 463 g/mol. The lowest BCUT2D eigenvalue weighted by molar-refractivity contribution is 1.12. The summed E-state index contributed by atoms with van der Waals surface area (Å²) < 4.78 is 0. The van der Waals surface area contributed by atoms with Gasteiger partial charge in [-0.1, -0.05) is 70.5 Å². The van der Waals surface area contributed by atoms with E-state index in [2.05, 4.69) is 107 Å². The van der Waals surface area contributed by atoms with Crippen molar-refractivity contribution in [3.8, 4) is 0 Å². The van der Waals surface area contributed by atoms with Crippen molar-refractivity contribution in [2.45, 2.75) is 6.42 Å². The maximum absolute atomic E-state index is 3.64. The molecule has 3 aromatic rings. The molecule has 124 valence electrons. The SMILES string of the molecule is Br.BrCCC[P+](c1ccccc1)(c1ccccc1)c1ccccc1. The molecule has 24 heavy (non-hydrogen) atoms. The summed E-state index contributed by atoms with van der Waals surface area (Å²) >= 11 is 3.64. The molecule has 0 aromatic heterocycles. The summed E-state index contributed by atoms with van der Waals surface area (Å²) in [5, 5.41) is 5.45. The molecule has 0 fully saturated rings. The van der Waals surface area contributed by atoms with Gasteiger partial charge in [0, 0.05) is 5.33 Å². The van der Waals surface area contributed by atoms with Gasteiger partial charge in [-0.25, -0.2) is 0 Å². The molecule has 0 spiro atoms. The quantitative estimate of drug-likeness (QED) is 0.341. The molecule has 0 aliphatic heterocycles. The molecule has 0 nitrogen and oxygen atoms in total. The number of rotatable bonds is 6. The highest BCUT2D eigenvalue weighted by Gasteiger charge is 2.44. The van der Waals surface area contributed by atoms with Gasteiger partial charge in [-0.15, -0.1) is 17.0 Å². The molecule has 0 atom stereocenters. The molecule has 3 heteroatoms. The van der Waals surface area contributed by atoms with Gasteiger partial charge in [0.2, 0.25) is 0 Å². The maximum atomic E-state index is 3.64. The molecule has 3 rings (SSSR count). The van der Waals surface area contributed by atoms with Crippen LogP contribution in [0.3, 0.4) is 0 Å². The Kier molecular flexibility index (Phi) is 7.68. The Morgan fingerprint density at radius 3 is 1.21 bits per heavy atom. The smallest absolute Gasteiger partial charge is 0.112 e. The summed E-state index contributed by atoms with van der Waals surface area (Å²) in [5.41, 5.74) is 0. The molecule has 0 saturated carbocycles. The van der Waals surface area contributed by atoms with Gasteiger partial charge in [-0.2, -0.15) is 0 Å². The van der Waals surface area contributed by atoms with Gasteiger partial charge in [-0.3, -0.25) is 0 Å². The second-order valence-corrected chi connectivity index (χ2v) is 9.99. The molecule has 0 saturated heterocycles. The van der Waals surface area contributed by atoms with Crippen LogP contribution in [-0.2, 0) is 0 Å². The van der Waals surface area contributed by atoms with Gasteiger partial charge in [0.1, 0.15) is 23.2 Å². The van der Waals surface area contributed by atoms with Gasteiger partial charge < -0.3 is 0 Å². The van der Waals surface area contributed by atoms with E-state index in [1.807, 2.05) is 0 Å². The standard InChI is InChI=1S/C21H21BrP.BrH/c22-17-10-18-23(19-11-4-1-5-12-19,20-13-6-2-7-14-20)21-15-8-3-9-16-21;/h1-9,11-16H,10,17-18H2;1H/q+1;. The van der Waals surface area contributed by atoms with Crippen LogP contribution in [0.15, 0.2) is 91.0 Å². The van der Waals surface area contributed by atoms with E-state index in [0.717, 1.165) is 5.33 Å². The Labute approximate surface area is 164 Å². The zero-order valence-electron chi connectivity index (χ0n) is 13.5. The molecule has 3 aromatic carbocycles. The minimum Gasteiger partial charge on any atom is -0.114 e. The van der Waals surface area contributed by atoms with Crippen LogP contribution >= 0.6 is 40.2 Å². The van der Waals surface area contributed by atoms with Crippen LogP contribution < -0.4 is 15.9 Å². The Morgan fingerprint density at radius 2 is 0.917 bits per heavy atom. The maximum Gasteiger partial charge on any atom is 0.112 e. The van der Waals surface area contributed by atoms with E-state index >= 15 is 0 Å². The fourth-order valence-corrected chi connectivity index (χ4v) is 8.24. The minimum atomic E-state index is -1.60. The fourth-order valence-electron chi connectivity index (χ4n) is 3.18. The molecule has 0 N–H and O–H groups in total. The third-order valence-electron chi connectivity index (χ3n) is 4.22. The first-order chi connectivity index (χ1) is 11.4. The third kappa shape index (κ3) is 3.99. The van der Waals surface area contributed by atoms with Crippen molar-refractivity contribution in [3.05, 3.63) is 91.0 Å². The lowest BCUT2D eigenvalue weighted by Gasteiger charge is -2.27.